The molecule has 0 saturated carbocycles. The largest absolute Gasteiger partial charge is 0.505 e. The Balaban J connectivity index is 1.33. The van der Waals surface area contributed by atoms with Crippen molar-refractivity contribution in [1.29, 1.82) is 0 Å². The van der Waals surface area contributed by atoms with Crippen LogP contribution in [0.1, 0.15) is 78.0 Å². The molecule has 2 aliphatic rings. The molecule has 196 valence electrons. The third-order valence-corrected chi connectivity index (χ3v) is 9.03. The van der Waals surface area contributed by atoms with E-state index in [1.165, 1.54) is 6.07 Å². The number of rotatable bonds is 6. The molecule has 1 aliphatic heterocycles. The first kappa shape index (κ1) is 26.2. The molecule has 1 saturated heterocycles. The van der Waals surface area contributed by atoms with Crippen molar-refractivity contribution in [3.63, 3.8) is 0 Å². The van der Waals surface area contributed by atoms with Crippen LogP contribution in [0.4, 0.5) is 4.39 Å². The van der Waals surface area contributed by atoms with Gasteiger partial charge in [-0.05, 0) is 89.4 Å². The summed E-state index contributed by atoms with van der Waals surface area (Å²) in [5.74, 6) is -0.197. The van der Waals surface area contributed by atoms with Gasteiger partial charge in [0, 0.05) is 17.4 Å². The van der Waals surface area contributed by atoms with Gasteiger partial charge in [0.05, 0.1) is 12.7 Å². The van der Waals surface area contributed by atoms with Crippen molar-refractivity contribution in [2.45, 2.75) is 58.0 Å². The first-order valence-corrected chi connectivity index (χ1v) is 14.7. The van der Waals surface area contributed by atoms with Gasteiger partial charge in [-0.3, -0.25) is 9.09 Å². The van der Waals surface area contributed by atoms with Crippen molar-refractivity contribution in [1.82, 2.24) is 0 Å². The third kappa shape index (κ3) is 5.44. The minimum atomic E-state index is -3.47. The van der Waals surface area contributed by atoms with Crippen molar-refractivity contribution in [2.24, 2.45) is 0 Å². The summed E-state index contributed by atoms with van der Waals surface area (Å²) in [6.07, 6.45) is 1.69. The maximum absolute atomic E-state index is 14.5. The number of fused-ring (bicyclic) bond motifs is 1. The zero-order valence-electron chi connectivity index (χ0n) is 21.2. The molecular weight excluding hydrogens is 514 g/mol. The second-order valence-electron chi connectivity index (χ2n) is 10.2. The minimum Gasteiger partial charge on any atom is -0.505 e. The molecular formula is C29H31ClFO5P. The van der Waals surface area contributed by atoms with E-state index in [2.05, 4.69) is 0 Å². The highest BCUT2D eigenvalue weighted by Crippen LogP contribution is 2.56. The molecule has 0 radical (unpaired) electrons. The van der Waals surface area contributed by atoms with E-state index in [1.54, 1.807) is 6.07 Å². The van der Waals surface area contributed by atoms with Gasteiger partial charge in [-0.25, -0.2) is 4.39 Å². The van der Waals surface area contributed by atoms with Crippen molar-refractivity contribution in [2.75, 3.05) is 13.0 Å². The van der Waals surface area contributed by atoms with Crippen LogP contribution in [0.3, 0.4) is 0 Å². The molecule has 5 rings (SSSR count). The molecule has 0 unspecified atom stereocenters. The third-order valence-electron chi connectivity index (χ3n) is 7.20. The summed E-state index contributed by atoms with van der Waals surface area (Å²) in [4.78, 5) is 0. The van der Waals surface area contributed by atoms with Crippen molar-refractivity contribution in [3.05, 3.63) is 92.8 Å². The molecule has 1 aliphatic carbocycles. The first-order valence-electron chi connectivity index (χ1n) is 12.6. The summed E-state index contributed by atoms with van der Waals surface area (Å²) >= 11 is 6.11. The maximum atomic E-state index is 14.5. The summed E-state index contributed by atoms with van der Waals surface area (Å²) in [5, 5.41) is 10.8. The topological polar surface area (TPSA) is 65.0 Å². The van der Waals surface area contributed by atoms with Gasteiger partial charge in [0.1, 0.15) is 5.75 Å². The minimum absolute atomic E-state index is 0.0117. The fraction of sp³-hybridized carbons (Fsp3) is 0.379. The summed E-state index contributed by atoms with van der Waals surface area (Å²) in [7, 11) is -3.47. The predicted octanol–water partition coefficient (Wildman–Crippen LogP) is 8.40. The summed E-state index contributed by atoms with van der Waals surface area (Å²) in [5.41, 5.74) is 5.66. The maximum Gasteiger partial charge on any atom is 0.368 e. The van der Waals surface area contributed by atoms with Crippen LogP contribution in [-0.2, 0) is 20.0 Å². The Labute approximate surface area is 222 Å². The average molecular weight is 545 g/mol. The van der Waals surface area contributed by atoms with Gasteiger partial charge in [0.25, 0.3) is 0 Å². The Morgan fingerprint density at radius 3 is 2.73 bits per heavy atom. The number of halogens is 2. The Bertz CT molecular complexity index is 1370. The first-order chi connectivity index (χ1) is 17.6. The standard InChI is InChI=1S/C29H31ClFO5P/c1-17(2)25-14-21(15-26(31)29(25)32)24-8-7-20-13-23(11-18(3)28(20)24)34-16-37(33)35-10-9-27(36-37)19-5-4-6-22(30)12-19/h4-6,11-15,17,24,27,32H,7-10,16H2,1-3H3/t24-,27+,37+/m1/s1. The van der Waals surface area contributed by atoms with Crippen molar-refractivity contribution in [3.8, 4) is 11.5 Å². The lowest BCUT2D eigenvalue weighted by Gasteiger charge is -2.30. The molecule has 5 nitrogen and oxygen atoms in total. The van der Waals surface area contributed by atoms with Gasteiger partial charge in [-0.15, -0.1) is 0 Å². The van der Waals surface area contributed by atoms with Gasteiger partial charge in [0.2, 0.25) is 0 Å². The van der Waals surface area contributed by atoms with E-state index in [9.17, 15) is 14.1 Å². The van der Waals surface area contributed by atoms with E-state index < -0.39 is 13.4 Å². The van der Waals surface area contributed by atoms with Crippen molar-refractivity contribution >= 4 is 19.2 Å². The Hall–Kier alpha value is -2.37. The molecule has 3 atom stereocenters. The quantitative estimate of drug-likeness (QED) is 0.316. The SMILES string of the molecule is Cc1cc(OC[P@]2(=O)OCC[C@@H](c3cccc(Cl)c3)O2)cc2c1[C@@H](c1cc(F)c(O)c(C(C)C)c1)CC2. The molecule has 1 fully saturated rings. The summed E-state index contributed by atoms with van der Waals surface area (Å²) in [6, 6.07) is 14.6. The lowest BCUT2D eigenvalue weighted by molar-refractivity contribution is 0.0725. The molecule has 0 spiro atoms. The summed E-state index contributed by atoms with van der Waals surface area (Å²) < 4.78 is 45.2. The molecule has 8 heteroatoms. The van der Waals surface area contributed by atoms with E-state index in [-0.39, 0.29) is 30.0 Å². The van der Waals surface area contributed by atoms with Gasteiger partial charge in [0.15, 0.2) is 17.9 Å². The number of hydrogen-bond donors (Lipinski definition) is 1. The monoisotopic (exact) mass is 544 g/mol. The highest BCUT2D eigenvalue weighted by atomic mass is 35.5. The van der Waals surface area contributed by atoms with Crippen LogP contribution in [0, 0.1) is 12.7 Å². The van der Waals surface area contributed by atoms with E-state index in [0.717, 1.165) is 40.7 Å². The van der Waals surface area contributed by atoms with Crippen LogP contribution in [0.2, 0.25) is 5.02 Å². The smallest absolute Gasteiger partial charge is 0.368 e. The molecule has 1 N–H and O–H groups in total. The average Bonchev–Trinajstić information content (AvgIpc) is 3.29. The number of benzene rings is 3. The fourth-order valence-electron chi connectivity index (χ4n) is 5.42. The number of phenols is 1. The summed E-state index contributed by atoms with van der Waals surface area (Å²) in [6.45, 7) is 6.20. The zero-order chi connectivity index (χ0) is 26.3. The normalized spacial score (nSPS) is 23.3. The second kappa shape index (κ2) is 10.4. The van der Waals surface area contributed by atoms with Crippen LogP contribution in [0.5, 0.6) is 11.5 Å². The molecule has 1 heterocycles. The number of aromatic hydroxyl groups is 1. The van der Waals surface area contributed by atoms with E-state index in [1.807, 2.05) is 57.2 Å². The van der Waals surface area contributed by atoms with Crippen molar-refractivity contribution < 1.29 is 27.8 Å². The Morgan fingerprint density at radius 1 is 1.16 bits per heavy atom. The molecule has 37 heavy (non-hydrogen) atoms. The fourth-order valence-corrected chi connectivity index (χ4v) is 7.12. The number of ether oxygens (including phenoxy) is 1. The number of hydrogen-bond acceptors (Lipinski definition) is 5. The van der Waals surface area contributed by atoms with Gasteiger partial charge in [-0.1, -0.05) is 43.6 Å². The molecule has 0 aromatic heterocycles. The Morgan fingerprint density at radius 2 is 1.97 bits per heavy atom. The molecule has 3 aromatic rings. The van der Waals surface area contributed by atoms with Crippen LogP contribution in [-0.4, -0.2) is 18.1 Å². The highest BCUT2D eigenvalue weighted by molar-refractivity contribution is 7.53. The van der Waals surface area contributed by atoms with Crippen LogP contribution >= 0.6 is 19.2 Å². The van der Waals surface area contributed by atoms with E-state index in [0.29, 0.717) is 29.4 Å². The van der Waals surface area contributed by atoms with Crippen LogP contribution in [0.15, 0.2) is 48.5 Å². The Kier molecular flexibility index (Phi) is 7.39. The molecule has 0 amide bonds. The van der Waals surface area contributed by atoms with Gasteiger partial charge in [-0.2, -0.15) is 0 Å². The highest BCUT2D eigenvalue weighted by Gasteiger charge is 2.36. The predicted molar refractivity (Wildman–Crippen MR) is 142 cm³/mol. The second-order valence-corrected chi connectivity index (χ2v) is 12.5. The van der Waals surface area contributed by atoms with Crippen LogP contribution < -0.4 is 4.74 Å². The molecule has 0 bridgehead atoms. The van der Waals surface area contributed by atoms with E-state index in [4.69, 9.17) is 25.4 Å². The zero-order valence-corrected chi connectivity index (χ0v) is 22.8. The molecule has 3 aromatic carbocycles. The number of aryl methyl sites for hydroxylation is 2. The van der Waals surface area contributed by atoms with Crippen LogP contribution in [0.25, 0.3) is 0 Å². The number of phenolic OH excluding ortho intramolecular Hbond substituents is 1. The van der Waals surface area contributed by atoms with E-state index >= 15 is 0 Å². The van der Waals surface area contributed by atoms with Gasteiger partial charge < -0.3 is 14.4 Å². The van der Waals surface area contributed by atoms with Gasteiger partial charge >= 0.3 is 7.60 Å². The lowest BCUT2D eigenvalue weighted by Crippen LogP contribution is -2.17. The lowest BCUT2D eigenvalue weighted by atomic mass is 9.87.